The number of aromatic nitrogens is 2. The van der Waals surface area contributed by atoms with Gasteiger partial charge in [0.1, 0.15) is 11.5 Å². The molecule has 0 spiro atoms. The summed E-state index contributed by atoms with van der Waals surface area (Å²) in [6.45, 7) is 0. The van der Waals surface area contributed by atoms with Crippen molar-refractivity contribution in [3.05, 3.63) is 48.2 Å². The van der Waals surface area contributed by atoms with Crippen molar-refractivity contribution in [1.82, 2.24) is 9.97 Å². The molecule has 140 valence electrons. The number of aromatic amines is 1. The molecule has 3 N–H and O–H groups in total. The Bertz CT molecular complexity index is 1100. The summed E-state index contributed by atoms with van der Waals surface area (Å²) in [4.78, 5) is 19.6. The highest BCUT2D eigenvalue weighted by molar-refractivity contribution is 7.85. The molecule has 1 fully saturated rings. The van der Waals surface area contributed by atoms with Gasteiger partial charge >= 0.3 is 0 Å². The number of carbonyl (C=O) groups excluding carboxylic acids is 1. The van der Waals surface area contributed by atoms with E-state index in [1.807, 2.05) is 36.4 Å². The second kappa shape index (κ2) is 6.79. The van der Waals surface area contributed by atoms with Crippen molar-refractivity contribution in [1.29, 1.82) is 0 Å². The Balaban J connectivity index is 1.63. The fourth-order valence-corrected chi connectivity index (χ4v) is 3.51. The highest BCUT2D eigenvalue weighted by Crippen LogP contribution is 2.33. The molecule has 7 nitrogen and oxygen atoms in total. The van der Waals surface area contributed by atoms with Crippen molar-refractivity contribution in [3.63, 3.8) is 0 Å². The molecule has 0 radical (unpaired) electrons. The SMILES string of the molecule is O=C(Nc1cc(-c2ccc(CCS(=O)(=O)O)cc2)c2cc[nH]c2n1)C1CC1. The Morgan fingerprint density at radius 2 is 1.96 bits per heavy atom. The van der Waals surface area contributed by atoms with Gasteiger partial charge in [-0.15, -0.1) is 0 Å². The number of amides is 1. The van der Waals surface area contributed by atoms with Gasteiger partial charge in [0.25, 0.3) is 10.1 Å². The summed E-state index contributed by atoms with van der Waals surface area (Å²) < 4.78 is 30.7. The van der Waals surface area contributed by atoms with E-state index in [4.69, 9.17) is 4.55 Å². The maximum absolute atomic E-state index is 12.1. The first-order valence-electron chi connectivity index (χ1n) is 8.72. The van der Waals surface area contributed by atoms with Crippen molar-refractivity contribution >= 4 is 32.9 Å². The zero-order valence-corrected chi connectivity index (χ0v) is 15.3. The minimum atomic E-state index is -3.98. The maximum Gasteiger partial charge on any atom is 0.265 e. The number of carbonyl (C=O) groups is 1. The van der Waals surface area contributed by atoms with Crippen molar-refractivity contribution in [3.8, 4) is 11.1 Å². The predicted molar refractivity (Wildman–Crippen MR) is 103 cm³/mol. The van der Waals surface area contributed by atoms with Crippen LogP contribution in [-0.2, 0) is 21.3 Å². The van der Waals surface area contributed by atoms with E-state index >= 15 is 0 Å². The molecule has 2 heterocycles. The minimum absolute atomic E-state index is 0.0000770. The van der Waals surface area contributed by atoms with Crippen LogP contribution in [0, 0.1) is 5.92 Å². The first-order chi connectivity index (χ1) is 12.9. The van der Waals surface area contributed by atoms with Gasteiger partial charge in [-0.05, 0) is 48.1 Å². The van der Waals surface area contributed by atoms with Crippen LogP contribution in [0.25, 0.3) is 22.2 Å². The summed E-state index contributed by atoms with van der Waals surface area (Å²) in [6.07, 6.45) is 3.90. The number of nitrogens with zero attached hydrogens (tertiary/aromatic N) is 1. The van der Waals surface area contributed by atoms with Crippen molar-refractivity contribution in [2.75, 3.05) is 11.1 Å². The topological polar surface area (TPSA) is 112 Å². The van der Waals surface area contributed by atoms with E-state index in [1.54, 1.807) is 6.20 Å². The summed E-state index contributed by atoms with van der Waals surface area (Å²) >= 11 is 0. The van der Waals surface area contributed by atoms with E-state index in [0.29, 0.717) is 11.5 Å². The smallest absolute Gasteiger partial charge is 0.265 e. The van der Waals surface area contributed by atoms with Gasteiger partial charge in [0.05, 0.1) is 5.75 Å². The second-order valence-corrected chi connectivity index (χ2v) is 8.36. The number of hydrogen-bond donors (Lipinski definition) is 3. The Kier molecular flexibility index (Phi) is 4.45. The number of anilines is 1. The third kappa shape index (κ3) is 4.17. The van der Waals surface area contributed by atoms with Crippen LogP contribution < -0.4 is 5.32 Å². The van der Waals surface area contributed by atoms with E-state index in [9.17, 15) is 13.2 Å². The molecule has 0 saturated heterocycles. The highest BCUT2D eigenvalue weighted by Gasteiger charge is 2.30. The molecule has 1 aliphatic rings. The fraction of sp³-hybridized carbons (Fsp3) is 0.263. The highest BCUT2D eigenvalue weighted by atomic mass is 32.2. The average Bonchev–Trinajstić information content (AvgIpc) is 3.38. The number of pyridine rings is 1. The van der Waals surface area contributed by atoms with Gasteiger partial charge in [0, 0.05) is 17.5 Å². The molecule has 8 heteroatoms. The molecule has 27 heavy (non-hydrogen) atoms. The number of hydrogen-bond acceptors (Lipinski definition) is 4. The monoisotopic (exact) mass is 385 g/mol. The number of nitrogens with one attached hydrogen (secondary N) is 2. The Morgan fingerprint density at radius 3 is 2.63 bits per heavy atom. The summed E-state index contributed by atoms with van der Waals surface area (Å²) in [5.41, 5.74) is 3.36. The summed E-state index contributed by atoms with van der Waals surface area (Å²) in [5.74, 6) is 0.296. The first kappa shape index (κ1) is 17.7. The lowest BCUT2D eigenvalue weighted by molar-refractivity contribution is -0.117. The lowest BCUT2D eigenvalue weighted by atomic mass is 10.0. The van der Waals surface area contributed by atoms with E-state index in [0.717, 1.165) is 34.9 Å². The van der Waals surface area contributed by atoms with Gasteiger partial charge in [-0.2, -0.15) is 8.42 Å². The average molecular weight is 385 g/mol. The van der Waals surface area contributed by atoms with Crippen LogP contribution in [0.3, 0.4) is 0 Å². The van der Waals surface area contributed by atoms with Gasteiger partial charge in [0.2, 0.25) is 5.91 Å². The third-order valence-electron chi connectivity index (χ3n) is 4.64. The van der Waals surface area contributed by atoms with Gasteiger partial charge in [-0.25, -0.2) is 4.98 Å². The molecular formula is C19H19N3O4S. The number of rotatable bonds is 6. The molecule has 1 aliphatic carbocycles. The largest absolute Gasteiger partial charge is 0.346 e. The molecule has 0 aliphatic heterocycles. The Hall–Kier alpha value is -2.71. The summed E-state index contributed by atoms with van der Waals surface area (Å²) in [6, 6.07) is 11.2. The zero-order valence-electron chi connectivity index (χ0n) is 14.5. The van der Waals surface area contributed by atoms with Crippen molar-refractivity contribution in [2.45, 2.75) is 19.3 Å². The van der Waals surface area contributed by atoms with Gasteiger partial charge in [0.15, 0.2) is 0 Å². The zero-order chi connectivity index (χ0) is 19.0. The van der Waals surface area contributed by atoms with E-state index in [2.05, 4.69) is 15.3 Å². The Labute approximate surface area is 156 Å². The van der Waals surface area contributed by atoms with Crippen LogP contribution in [0.4, 0.5) is 5.82 Å². The normalized spacial score (nSPS) is 14.4. The van der Waals surface area contributed by atoms with Gasteiger partial charge in [-0.1, -0.05) is 24.3 Å². The molecule has 1 saturated carbocycles. The van der Waals surface area contributed by atoms with Crippen molar-refractivity contribution < 1.29 is 17.8 Å². The molecule has 3 aromatic rings. The van der Waals surface area contributed by atoms with Crippen LogP contribution >= 0.6 is 0 Å². The molecule has 0 bridgehead atoms. The number of fused-ring (bicyclic) bond motifs is 1. The van der Waals surface area contributed by atoms with Gasteiger partial charge in [-0.3, -0.25) is 9.35 Å². The van der Waals surface area contributed by atoms with Crippen LogP contribution in [-0.4, -0.2) is 34.6 Å². The predicted octanol–water partition coefficient (Wildman–Crippen LogP) is 3.01. The number of aryl methyl sites for hydroxylation is 1. The van der Waals surface area contributed by atoms with E-state index < -0.39 is 10.1 Å². The standard InChI is InChI=1S/C19H19N3O4S/c23-19(14-5-6-14)22-17-11-16(15-7-9-20-18(15)21-17)13-3-1-12(2-4-13)8-10-27(24,25)26/h1-4,7,9,11,14H,5-6,8,10H2,(H,24,25,26)(H2,20,21,22,23). The van der Waals surface area contributed by atoms with Crippen molar-refractivity contribution in [2.24, 2.45) is 5.92 Å². The molecule has 0 unspecified atom stereocenters. The summed E-state index contributed by atoms with van der Waals surface area (Å²) in [5, 5.41) is 3.82. The number of H-pyrrole nitrogens is 1. The molecular weight excluding hydrogens is 366 g/mol. The summed E-state index contributed by atoms with van der Waals surface area (Å²) in [7, 11) is -3.98. The molecule has 1 amide bonds. The van der Waals surface area contributed by atoms with Crippen LogP contribution in [0.5, 0.6) is 0 Å². The molecule has 4 rings (SSSR count). The molecule has 0 atom stereocenters. The van der Waals surface area contributed by atoms with Gasteiger partial charge < -0.3 is 10.3 Å². The molecule has 1 aromatic carbocycles. The van der Waals surface area contributed by atoms with E-state index in [1.165, 1.54) is 0 Å². The maximum atomic E-state index is 12.1. The van der Waals surface area contributed by atoms with E-state index in [-0.39, 0.29) is 24.0 Å². The minimum Gasteiger partial charge on any atom is -0.346 e. The Morgan fingerprint density at radius 1 is 1.22 bits per heavy atom. The fourth-order valence-electron chi connectivity index (χ4n) is 3.01. The van der Waals surface area contributed by atoms with Crippen LogP contribution in [0.2, 0.25) is 0 Å². The quantitative estimate of drug-likeness (QED) is 0.565. The lowest BCUT2D eigenvalue weighted by Gasteiger charge is -2.09. The second-order valence-electron chi connectivity index (χ2n) is 6.79. The van der Waals surface area contributed by atoms with Crippen LogP contribution in [0.1, 0.15) is 18.4 Å². The lowest BCUT2D eigenvalue weighted by Crippen LogP contribution is -2.14. The molecule has 2 aromatic heterocycles. The number of benzene rings is 1. The third-order valence-corrected chi connectivity index (χ3v) is 5.36. The first-order valence-corrected chi connectivity index (χ1v) is 10.3. The van der Waals surface area contributed by atoms with Crippen LogP contribution in [0.15, 0.2) is 42.6 Å².